The molecule has 21 heavy (non-hydrogen) atoms. The maximum atomic E-state index is 6.35. The van der Waals surface area contributed by atoms with Crippen molar-refractivity contribution in [1.82, 2.24) is 9.88 Å². The molecule has 1 aliphatic rings. The summed E-state index contributed by atoms with van der Waals surface area (Å²) in [6, 6.07) is 10.3. The number of halogens is 1. The minimum atomic E-state index is 0.357. The molecule has 1 atom stereocenters. The largest absolute Gasteiger partial charge is 0.377 e. The van der Waals surface area contributed by atoms with Gasteiger partial charge in [0.2, 0.25) is 0 Å². The van der Waals surface area contributed by atoms with Crippen LogP contribution in [0.1, 0.15) is 25.3 Å². The predicted octanol–water partition coefficient (Wildman–Crippen LogP) is 3.89. The van der Waals surface area contributed by atoms with Gasteiger partial charge in [0, 0.05) is 30.6 Å². The molecule has 4 heteroatoms. The topological polar surface area (TPSA) is 25.4 Å². The molecule has 0 N–H and O–H groups in total. The Balaban J connectivity index is 1.76. The summed E-state index contributed by atoms with van der Waals surface area (Å²) in [5, 5.41) is 1.77. The molecule has 1 unspecified atom stereocenters. The Hall–Kier alpha value is -1.16. The van der Waals surface area contributed by atoms with Gasteiger partial charge in [-0.2, -0.15) is 0 Å². The number of benzene rings is 1. The van der Waals surface area contributed by atoms with Gasteiger partial charge in [0.05, 0.1) is 11.6 Å². The van der Waals surface area contributed by atoms with E-state index in [1.807, 2.05) is 18.2 Å². The first kappa shape index (κ1) is 14.8. The van der Waals surface area contributed by atoms with E-state index in [9.17, 15) is 0 Å². The van der Waals surface area contributed by atoms with Gasteiger partial charge < -0.3 is 4.74 Å². The summed E-state index contributed by atoms with van der Waals surface area (Å²) in [6.45, 7) is 5.78. The van der Waals surface area contributed by atoms with Gasteiger partial charge in [0.25, 0.3) is 0 Å². The van der Waals surface area contributed by atoms with Gasteiger partial charge in [0.1, 0.15) is 5.15 Å². The third-order valence-corrected chi connectivity index (χ3v) is 4.34. The molecule has 3 rings (SSSR count). The molecule has 1 aromatic heterocycles. The van der Waals surface area contributed by atoms with E-state index >= 15 is 0 Å². The van der Waals surface area contributed by atoms with Crippen LogP contribution in [0.5, 0.6) is 0 Å². The van der Waals surface area contributed by atoms with Crippen LogP contribution in [0.3, 0.4) is 0 Å². The van der Waals surface area contributed by atoms with Crippen LogP contribution in [0.2, 0.25) is 5.15 Å². The van der Waals surface area contributed by atoms with Crippen molar-refractivity contribution in [2.45, 2.75) is 32.4 Å². The van der Waals surface area contributed by atoms with E-state index in [-0.39, 0.29) is 0 Å². The van der Waals surface area contributed by atoms with Crippen LogP contribution in [-0.2, 0) is 11.3 Å². The van der Waals surface area contributed by atoms with Crippen molar-refractivity contribution in [2.75, 3.05) is 19.7 Å². The van der Waals surface area contributed by atoms with Crippen molar-refractivity contribution < 1.29 is 4.74 Å². The van der Waals surface area contributed by atoms with Crippen molar-refractivity contribution >= 4 is 22.5 Å². The molecule has 0 saturated carbocycles. The minimum Gasteiger partial charge on any atom is -0.377 e. The van der Waals surface area contributed by atoms with E-state index in [0.717, 1.165) is 49.1 Å². The second-order valence-corrected chi connectivity index (χ2v) is 5.94. The molecule has 1 fully saturated rings. The normalized spacial score (nSPS) is 20.0. The summed E-state index contributed by atoms with van der Waals surface area (Å²) >= 11 is 6.35. The zero-order valence-corrected chi connectivity index (χ0v) is 13.1. The first-order chi connectivity index (χ1) is 10.3. The molecular weight excluding hydrogens is 284 g/mol. The second kappa shape index (κ2) is 6.73. The summed E-state index contributed by atoms with van der Waals surface area (Å²) < 4.78 is 5.76. The molecule has 112 valence electrons. The van der Waals surface area contributed by atoms with Gasteiger partial charge in [-0.3, -0.25) is 4.90 Å². The monoisotopic (exact) mass is 304 g/mol. The molecule has 2 aromatic rings. The van der Waals surface area contributed by atoms with Crippen LogP contribution in [0, 0.1) is 0 Å². The van der Waals surface area contributed by atoms with E-state index in [4.69, 9.17) is 16.3 Å². The summed E-state index contributed by atoms with van der Waals surface area (Å²) in [4.78, 5) is 6.92. The molecule has 0 radical (unpaired) electrons. The van der Waals surface area contributed by atoms with E-state index in [1.54, 1.807) is 0 Å². The Labute approximate surface area is 130 Å². The van der Waals surface area contributed by atoms with Crippen molar-refractivity contribution in [3.8, 4) is 0 Å². The van der Waals surface area contributed by atoms with Crippen molar-refractivity contribution in [3.63, 3.8) is 0 Å². The van der Waals surface area contributed by atoms with Crippen LogP contribution in [0.25, 0.3) is 10.9 Å². The molecule has 0 bridgehead atoms. The molecule has 1 aliphatic heterocycles. The lowest BCUT2D eigenvalue weighted by atomic mass is 10.1. The van der Waals surface area contributed by atoms with Crippen molar-refractivity contribution in [1.29, 1.82) is 0 Å². The fourth-order valence-corrected chi connectivity index (χ4v) is 3.22. The highest BCUT2D eigenvalue weighted by Crippen LogP contribution is 2.23. The lowest BCUT2D eigenvalue weighted by Crippen LogP contribution is -2.39. The van der Waals surface area contributed by atoms with Crippen LogP contribution >= 0.6 is 11.6 Å². The number of rotatable bonds is 4. The fourth-order valence-electron chi connectivity index (χ4n) is 3.02. The highest BCUT2D eigenvalue weighted by atomic mass is 35.5. The Bertz CT molecular complexity index is 615. The first-order valence-corrected chi connectivity index (χ1v) is 8.02. The molecule has 0 aliphatic carbocycles. The Kier molecular flexibility index (Phi) is 4.73. The maximum absolute atomic E-state index is 6.35. The highest BCUT2D eigenvalue weighted by Gasteiger charge is 2.21. The molecule has 3 nitrogen and oxygen atoms in total. The first-order valence-electron chi connectivity index (χ1n) is 7.64. The van der Waals surface area contributed by atoms with Gasteiger partial charge in [-0.1, -0.05) is 29.8 Å². The zero-order chi connectivity index (χ0) is 14.7. The smallest absolute Gasteiger partial charge is 0.134 e. The molecule has 2 heterocycles. The fraction of sp³-hybridized carbons (Fsp3) is 0.471. The predicted molar refractivity (Wildman–Crippen MR) is 86.7 cm³/mol. The Morgan fingerprint density at radius 1 is 1.38 bits per heavy atom. The maximum Gasteiger partial charge on any atom is 0.134 e. The number of para-hydroxylation sites is 1. The number of pyridine rings is 1. The number of aromatic nitrogens is 1. The lowest BCUT2D eigenvalue weighted by molar-refractivity contribution is 0.00362. The van der Waals surface area contributed by atoms with Gasteiger partial charge >= 0.3 is 0 Å². The average molecular weight is 305 g/mol. The quantitative estimate of drug-likeness (QED) is 0.801. The van der Waals surface area contributed by atoms with Gasteiger partial charge in [-0.15, -0.1) is 0 Å². The Morgan fingerprint density at radius 2 is 2.24 bits per heavy atom. The third kappa shape index (κ3) is 3.54. The van der Waals surface area contributed by atoms with E-state index < -0.39 is 0 Å². The number of ether oxygens (including phenoxy) is 1. The zero-order valence-electron chi connectivity index (χ0n) is 12.4. The summed E-state index contributed by atoms with van der Waals surface area (Å²) in [7, 11) is 0. The third-order valence-electron chi connectivity index (χ3n) is 4.01. The summed E-state index contributed by atoms with van der Waals surface area (Å²) in [5.41, 5.74) is 2.06. The number of piperidine rings is 1. The number of likely N-dealkylation sites (tertiary alicyclic amines) is 1. The van der Waals surface area contributed by atoms with E-state index in [1.165, 1.54) is 6.42 Å². The van der Waals surface area contributed by atoms with E-state index in [2.05, 4.69) is 28.9 Å². The van der Waals surface area contributed by atoms with Crippen LogP contribution in [0.15, 0.2) is 30.3 Å². The number of hydrogen-bond acceptors (Lipinski definition) is 3. The molecule has 1 aromatic carbocycles. The standard InChI is InChI=1S/C17H21ClN2O/c1-2-21-15-7-5-9-20(12-15)11-14-10-13-6-3-4-8-16(13)19-17(14)18/h3-4,6,8,10,15H,2,5,7,9,11-12H2,1H3. The lowest BCUT2D eigenvalue weighted by Gasteiger charge is -2.32. The summed E-state index contributed by atoms with van der Waals surface area (Å²) in [5.74, 6) is 0. The van der Waals surface area contributed by atoms with E-state index in [0.29, 0.717) is 11.3 Å². The van der Waals surface area contributed by atoms with Gasteiger partial charge in [-0.25, -0.2) is 4.98 Å². The SMILES string of the molecule is CCOC1CCCN(Cc2cc3ccccc3nc2Cl)C1. The van der Waals surface area contributed by atoms with Crippen molar-refractivity contribution in [3.05, 3.63) is 41.0 Å². The van der Waals surface area contributed by atoms with Gasteiger partial charge in [-0.05, 0) is 38.4 Å². The minimum absolute atomic E-state index is 0.357. The molecule has 1 saturated heterocycles. The molecular formula is C17H21ClN2O. The number of hydrogen-bond donors (Lipinski definition) is 0. The number of nitrogens with zero attached hydrogens (tertiary/aromatic N) is 2. The van der Waals surface area contributed by atoms with Crippen LogP contribution < -0.4 is 0 Å². The number of fused-ring (bicyclic) bond motifs is 1. The van der Waals surface area contributed by atoms with Crippen LogP contribution in [0.4, 0.5) is 0 Å². The molecule has 0 spiro atoms. The summed E-state index contributed by atoms with van der Waals surface area (Å²) in [6.07, 6.45) is 2.70. The van der Waals surface area contributed by atoms with Crippen LogP contribution in [-0.4, -0.2) is 35.7 Å². The Morgan fingerprint density at radius 3 is 3.10 bits per heavy atom. The van der Waals surface area contributed by atoms with Crippen molar-refractivity contribution in [2.24, 2.45) is 0 Å². The van der Waals surface area contributed by atoms with Gasteiger partial charge in [0.15, 0.2) is 0 Å². The second-order valence-electron chi connectivity index (χ2n) is 5.59. The average Bonchev–Trinajstić information content (AvgIpc) is 2.49. The molecule has 0 amide bonds. The highest BCUT2D eigenvalue weighted by molar-refractivity contribution is 6.30.